The number of piperidine rings is 1. The third kappa shape index (κ3) is 4.17. The van der Waals surface area contributed by atoms with Gasteiger partial charge in [0.2, 0.25) is 0 Å². The first-order valence-electron chi connectivity index (χ1n) is 8.02. The highest BCUT2D eigenvalue weighted by molar-refractivity contribution is 5.83. The minimum Gasteiger partial charge on any atom is -0.299 e. The molecule has 1 heterocycles. The van der Waals surface area contributed by atoms with Crippen molar-refractivity contribution in [3.05, 3.63) is 35.4 Å². The first kappa shape index (κ1) is 15.2. The van der Waals surface area contributed by atoms with Crippen LogP contribution in [0, 0.1) is 5.92 Å². The summed E-state index contributed by atoms with van der Waals surface area (Å²) < 4.78 is 0. The zero-order valence-corrected chi connectivity index (χ0v) is 12.9. The number of carbonyl (C=O) groups excluding carboxylic acids is 1. The summed E-state index contributed by atoms with van der Waals surface area (Å²) in [6.45, 7) is 7.53. The molecule has 1 aliphatic heterocycles. The van der Waals surface area contributed by atoms with Crippen molar-refractivity contribution >= 4 is 5.78 Å². The molecule has 1 saturated heterocycles. The molecule has 0 N–H and O–H groups in total. The van der Waals surface area contributed by atoms with Gasteiger partial charge in [0.25, 0.3) is 0 Å². The highest BCUT2D eigenvalue weighted by Gasteiger charge is 2.16. The summed E-state index contributed by atoms with van der Waals surface area (Å²) in [4.78, 5) is 14.7. The maximum absolute atomic E-state index is 12.2. The Bertz CT molecular complexity index is 435. The van der Waals surface area contributed by atoms with Crippen molar-refractivity contribution in [3.8, 4) is 0 Å². The fourth-order valence-electron chi connectivity index (χ4n) is 2.83. The normalized spacial score (nSPS) is 17.9. The number of Topliss-reactive ketones (excluding diaryl/α,β-unsaturated/α-hetero) is 1. The molecule has 1 fully saturated rings. The maximum Gasteiger partial charge on any atom is 0.140 e. The summed E-state index contributed by atoms with van der Waals surface area (Å²) in [6, 6.07) is 8.46. The molecule has 1 atom stereocenters. The van der Waals surface area contributed by atoms with Crippen LogP contribution in [-0.2, 0) is 17.8 Å². The summed E-state index contributed by atoms with van der Waals surface area (Å²) in [6.07, 6.45) is 5.53. The van der Waals surface area contributed by atoms with Crippen LogP contribution in [0.15, 0.2) is 24.3 Å². The zero-order valence-electron chi connectivity index (χ0n) is 12.9. The van der Waals surface area contributed by atoms with Gasteiger partial charge >= 0.3 is 0 Å². The summed E-state index contributed by atoms with van der Waals surface area (Å²) in [5.41, 5.74) is 2.56. The van der Waals surface area contributed by atoms with Crippen LogP contribution in [0.1, 0.15) is 50.7 Å². The molecule has 2 heteroatoms. The van der Waals surface area contributed by atoms with E-state index in [0.29, 0.717) is 12.2 Å². The number of benzene rings is 1. The molecule has 20 heavy (non-hydrogen) atoms. The van der Waals surface area contributed by atoms with Crippen LogP contribution < -0.4 is 0 Å². The van der Waals surface area contributed by atoms with Gasteiger partial charge in [0, 0.05) is 18.9 Å². The third-order valence-corrected chi connectivity index (χ3v) is 4.49. The van der Waals surface area contributed by atoms with E-state index < -0.39 is 0 Å². The molecule has 0 saturated carbocycles. The van der Waals surface area contributed by atoms with E-state index in [1.165, 1.54) is 43.5 Å². The molecule has 0 aliphatic carbocycles. The number of nitrogens with zero attached hydrogens (tertiary/aromatic N) is 1. The molecule has 1 aromatic rings. The number of carbonyl (C=O) groups is 1. The molecule has 110 valence electrons. The highest BCUT2D eigenvalue weighted by atomic mass is 16.1. The van der Waals surface area contributed by atoms with E-state index in [2.05, 4.69) is 36.1 Å². The number of likely N-dealkylation sites (tertiary alicyclic amines) is 1. The number of ketones is 1. The highest BCUT2D eigenvalue weighted by Crippen LogP contribution is 2.18. The Kier molecular flexibility index (Phi) is 5.78. The largest absolute Gasteiger partial charge is 0.299 e. The van der Waals surface area contributed by atoms with Crippen LogP contribution in [0.5, 0.6) is 0 Å². The fourth-order valence-corrected chi connectivity index (χ4v) is 2.83. The van der Waals surface area contributed by atoms with Gasteiger partial charge in [-0.1, -0.05) is 44.5 Å². The molecule has 2 rings (SSSR count). The van der Waals surface area contributed by atoms with Crippen molar-refractivity contribution in [1.82, 2.24) is 4.90 Å². The van der Waals surface area contributed by atoms with Crippen molar-refractivity contribution in [2.45, 2.75) is 52.5 Å². The Morgan fingerprint density at radius 3 is 2.45 bits per heavy atom. The number of rotatable bonds is 6. The van der Waals surface area contributed by atoms with Gasteiger partial charge in [-0.15, -0.1) is 0 Å². The topological polar surface area (TPSA) is 20.3 Å². The molecular formula is C18H27NO. The molecule has 0 radical (unpaired) electrons. The lowest BCUT2D eigenvalue weighted by Crippen LogP contribution is -2.29. The van der Waals surface area contributed by atoms with E-state index in [1.54, 1.807) is 0 Å². The van der Waals surface area contributed by atoms with Crippen molar-refractivity contribution in [3.63, 3.8) is 0 Å². The second kappa shape index (κ2) is 7.58. The monoisotopic (exact) mass is 273 g/mol. The lowest BCUT2D eigenvalue weighted by Gasteiger charge is -2.27. The van der Waals surface area contributed by atoms with E-state index in [1.807, 2.05) is 6.92 Å². The van der Waals surface area contributed by atoms with Crippen molar-refractivity contribution in [1.29, 1.82) is 0 Å². The van der Waals surface area contributed by atoms with Crippen LogP contribution in [-0.4, -0.2) is 23.8 Å². The average molecular weight is 273 g/mol. The predicted octanol–water partition coefficient (Wildman–Crippen LogP) is 3.83. The Morgan fingerprint density at radius 2 is 1.80 bits per heavy atom. The van der Waals surface area contributed by atoms with Crippen molar-refractivity contribution < 1.29 is 4.79 Å². The van der Waals surface area contributed by atoms with Gasteiger partial charge in [0.15, 0.2) is 0 Å². The molecule has 2 nitrogen and oxygen atoms in total. The van der Waals surface area contributed by atoms with Gasteiger partial charge in [-0.05, 0) is 43.5 Å². The molecule has 0 bridgehead atoms. The van der Waals surface area contributed by atoms with Crippen LogP contribution in [0.25, 0.3) is 0 Å². The Hall–Kier alpha value is -1.15. The Labute approximate surface area is 123 Å². The average Bonchev–Trinajstić information content (AvgIpc) is 2.49. The molecule has 0 aromatic heterocycles. The quantitative estimate of drug-likeness (QED) is 0.785. The summed E-state index contributed by atoms with van der Waals surface area (Å²) >= 11 is 0. The lowest BCUT2D eigenvalue weighted by atomic mass is 9.94. The Morgan fingerprint density at radius 1 is 1.15 bits per heavy atom. The summed E-state index contributed by atoms with van der Waals surface area (Å²) in [5.74, 6) is 0.552. The van der Waals surface area contributed by atoms with E-state index in [9.17, 15) is 4.79 Å². The fraction of sp³-hybridized carbons (Fsp3) is 0.611. The molecular weight excluding hydrogens is 246 g/mol. The van der Waals surface area contributed by atoms with Gasteiger partial charge < -0.3 is 0 Å². The zero-order chi connectivity index (χ0) is 14.4. The minimum atomic E-state index is 0.179. The second-order valence-electron chi connectivity index (χ2n) is 6.06. The molecule has 1 aliphatic rings. The smallest absolute Gasteiger partial charge is 0.140 e. The summed E-state index contributed by atoms with van der Waals surface area (Å²) in [5, 5.41) is 0. The van der Waals surface area contributed by atoms with Gasteiger partial charge in [-0.3, -0.25) is 9.69 Å². The van der Waals surface area contributed by atoms with E-state index in [4.69, 9.17) is 0 Å². The van der Waals surface area contributed by atoms with E-state index in [-0.39, 0.29) is 5.92 Å². The predicted molar refractivity (Wildman–Crippen MR) is 83.7 cm³/mol. The van der Waals surface area contributed by atoms with E-state index in [0.717, 1.165) is 13.0 Å². The molecule has 0 amide bonds. The molecule has 1 unspecified atom stereocenters. The minimum absolute atomic E-state index is 0.179. The second-order valence-corrected chi connectivity index (χ2v) is 6.06. The third-order valence-electron chi connectivity index (χ3n) is 4.49. The maximum atomic E-state index is 12.2. The standard InChI is InChI=1S/C18H27NO/c1-3-15(2)18(20)13-16-9-5-6-10-17(16)14-19-11-7-4-8-12-19/h5-6,9-10,15H,3-4,7-8,11-14H2,1-2H3. The van der Waals surface area contributed by atoms with Crippen LogP contribution in [0.3, 0.4) is 0 Å². The van der Waals surface area contributed by atoms with E-state index >= 15 is 0 Å². The molecule has 0 spiro atoms. The number of hydrogen-bond acceptors (Lipinski definition) is 2. The van der Waals surface area contributed by atoms with Gasteiger partial charge in [-0.25, -0.2) is 0 Å². The van der Waals surface area contributed by atoms with Crippen molar-refractivity contribution in [2.75, 3.05) is 13.1 Å². The van der Waals surface area contributed by atoms with Crippen LogP contribution in [0.2, 0.25) is 0 Å². The van der Waals surface area contributed by atoms with Gasteiger partial charge in [0.05, 0.1) is 0 Å². The first-order chi connectivity index (χ1) is 9.70. The Balaban J connectivity index is 2.03. The first-order valence-corrected chi connectivity index (χ1v) is 8.02. The SMILES string of the molecule is CCC(C)C(=O)Cc1ccccc1CN1CCCCC1. The van der Waals surface area contributed by atoms with Crippen LogP contribution in [0.4, 0.5) is 0 Å². The lowest BCUT2D eigenvalue weighted by molar-refractivity contribution is -0.121. The van der Waals surface area contributed by atoms with Crippen molar-refractivity contribution in [2.24, 2.45) is 5.92 Å². The number of hydrogen-bond donors (Lipinski definition) is 0. The summed E-state index contributed by atoms with van der Waals surface area (Å²) in [7, 11) is 0. The van der Waals surface area contributed by atoms with Gasteiger partial charge in [-0.2, -0.15) is 0 Å². The van der Waals surface area contributed by atoms with Gasteiger partial charge in [0.1, 0.15) is 5.78 Å². The van der Waals surface area contributed by atoms with Crippen LogP contribution >= 0.6 is 0 Å². The molecule has 1 aromatic carbocycles.